The van der Waals surface area contributed by atoms with E-state index < -0.39 is 0 Å². The van der Waals surface area contributed by atoms with E-state index in [1.165, 1.54) is 0 Å². The quantitative estimate of drug-likeness (QED) is 0.330. The second-order valence-corrected chi connectivity index (χ2v) is 4.54. The third-order valence-electron chi connectivity index (χ3n) is 3.13. The molecule has 0 saturated carbocycles. The predicted molar refractivity (Wildman–Crippen MR) is 102 cm³/mol. The van der Waals surface area contributed by atoms with Gasteiger partial charge in [0.15, 0.2) is 5.96 Å². The largest absolute Gasteiger partial charge is 0.380 e. The van der Waals surface area contributed by atoms with E-state index in [-0.39, 0.29) is 24.0 Å². The Bertz CT molecular complexity index is 598. The molecule has 22 heavy (non-hydrogen) atoms. The number of fused-ring (bicyclic) bond motifs is 1. The first-order chi connectivity index (χ1) is 10.3. The van der Waals surface area contributed by atoms with E-state index in [1.54, 1.807) is 7.05 Å². The van der Waals surface area contributed by atoms with E-state index in [4.69, 9.17) is 4.74 Å². The molecule has 0 amide bonds. The Labute approximate surface area is 148 Å². The molecule has 120 valence electrons. The van der Waals surface area contributed by atoms with E-state index >= 15 is 0 Å². The Morgan fingerprint density at radius 3 is 2.82 bits per heavy atom. The van der Waals surface area contributed by atoms with Crippen molar-refractivity contribution in [2.75, 3.05) is 26.8 Å². The number of halogens is 1. The summed E-state index contributed by atoms with van der Waals surface area (Å²) in [5, 5.41) is 7.66. The molecule has 0 bridgehead atoms. The average molecular weight is 414 g/mol. The van der Waals surface area contributed by atoms with Gasteiger partial charge in [-0.05, 0) is 18.6 Å². The normalized spacial score (nSPS) is 11.1. The van der Waals surface area contributed by atoms with Crippen LogP contribution in [0, 0.1) is 0 Å². The van der Waals surface area contributed by atoms with Gasteiger partial charge in [0, 0.05) is 38.3 Å². The minimum atomic E-state index is 0. The van der Waals surface area contributed by atoms with E-state index in [0.29, 0.717) is 13.2 Å². The highest BCUT2D eigenvalue weighted by Gasteiger charge is 2.03. The fraction of sp³-hybridized carbons (Fsp3) is 0.375. The summed E-state index contributed by atoms with van der Waals surface area (Å²) >= 11 is 0. The molecule has 0 atom stereocenters. The lowest BCUT2D eigenvalue weighted by Crippen LogP contribution is -2.38. The molecular weight excluding hydrogens is 391 g/mol. The minimum absolute atomic E-state index is 0. The van der Waals surface area contributed by atoms with Gasteiger partial charge >= 0.3 is 0 Å². The van der Waals surface area contributed by atoms with Gasteiger partial charge in [-0.1, -0.05) is 24.3 Å². The third kappa shape index (κ3) is 5.42. The Kier molecular flexibility index (Phi) is 8.76. The number of nitrogens with zero attached hydrogens (tertiary/aromatic N) is 2. The summed E-state index contributed by atoms with van der Waals surface area (Å²) < 4.78 is 5.29. The van der Waals surface area contributed by atoms with Gasteiger partial charge in [0.05, 0.1) is 12.1 Å². The number of ether oxygens (including phenoxy) is 1. The van der Waals surface area contributed by atoms with Crippen LogP contribution in [0.4, 0.5) is 0 Å². The van der Waals surface area contributed by atoms with Crippen LogP contribution in [-0.4, -0.2) is 37.7 Å². The van der Waals surface area contributed by atoms with Crippen LogP contribution < -0.4 is 10.6 Å². The highest BCUT2D eigenvalue weighted by atomic mass is 127. The van der Waals surface area contributed by atoms with Crippen molar-refractivity contribution in [2.24, 2.45) is 4.99 Å². The zero-order valence-corrected chi connectivity index (χ0v) is 15.3. The molecule has 2 aromatic rings. The highest BCUT2D eigenvalue weighted by molar-refractivity contribution is 14.0. The van der Waals surface area contributed by atoms with Crippen LogP contribution >= 0.6 is 24.0 Å². The lowest BCUT2D eigenvalue weighted by atomic mass is 10.1. The lowest BCUT2D eigenvalue weighted by Gasteiger charge is -2.12. The number of guanidine groups is 1. The van der Waals surface area contributed by atoms with Crippen molar-refractivity contribution in [3.8, 4) is 0 Å². The maximum absolute atomic E-state index is 5.29. The molecule has 0 aliphatic heterocycles. The standard InChI is InChI=1S/C16H22N4O.HI/c1-3-21-11-10-19-16(17-2)20-12-14-7-4-6-13-8-5-9-18-15(13)14;/h4-9H,3,10-12H2,1-2H3,(H2,17,19,20);1H. The molecule has 2 N–H and O–H groups in total. The molecular formula is C16H23IN4O. The number of hydrogen-bond acceptors (Lipinski definition) is 3. The summed E-state index contributed by atoms with van der Waals surface area (Å²) in [6, 6.07) is 10.2. The van der Waals surface area contributed by atoms with E-state index in [2.05, 4.69) is 38.8 Å². The van der Waals surface area contributed by atoms with Crippen molar-refractivity contribution in [3.63, 3.8) is 0 Å². The van der Waals surface area contributed by atoms with Crippen molar-refractivity contribution in [1.82, 2.24) is 15.6 Å². The molecule has 0 unspecified atom stereocenters. The third-order valence-corrected chi connectivity index (χ3v) is 3.13. The van der Waals surface area contributed by atoms with Gasteiger partial charge in [0.2, 0.25) is 0 Å². The van der Waals surface area contributed by atoms with Gasteiger partial charge in [0.25, 0.3) is 0 Å². The highest BCUT2D eigenvalue weighted by Crippen LogP contribution is 2.15. The number of aliphatic imine (C=N–C) groups is 1. The molecule has 0 aliphatic rings. The van der Waals surface area contributed by atoms with E-state index in [0.717, 1.165) is 35.6 Å². The first kappa shape index (κ1) is 18.6. The number of hydrogen-bond donors (Lipinski definition) is 2. The summed E-state index contributed by atoms with van der Waals surface area (Å²) in [7, 11) is 1.76. The van der Waals surface area contributed by atoms with Gasteiger partial charge in [-0.25, -0.2) is 0 Å². The first-order valence-electron chi connectivity index (χ1n) is 7.20. The Balaban J connectivity index is 0.00000242. The summed E-state index contributed by atoms with van der Waals surface area (Å²) in [4.78, 5) is 8.65. The maximum atomic E-state index is 5.29. The van der Waals surface area contributed by atoms with Gasteiger partial charge in [-0.15, -0.1) is 24.0 Å². The number of nitrogens with one attached hydrogen (secondary N) is 2. The molecule has 1 aromatic heterocycles. The SMILES string of the molecule is CCOCCNC(=NC)NCc1cccc2cccnc12.I. The van der Waals surface area contributed by atoms with Crippen LogP contribution in [-0.2, 0) is 11.3 Å². The van der Waals surface area contributed by atoms with Crippen LogP contribution in [0.5, 0.6) is 0 Å². The molecule has 0 saturated heterocycles. The summed E-state index contributed by atoms with van der Waals surface area (Å²) in [5.74, 6) is 0.766. The number of aromatic nitrogens is 1. The number of benzene rings is 1. The van der Waals surface area contributed by atoms with Crippen molar-refractivity contribution < 1.29 is 4.74 Å². The molecule has 2 rings (SSSR count). The Hall–Kier alpha value is -1.41. The molecule has 0 radical (unpaired) electrons. The van der Waals surface area contributed by atoms with Gasteiger partial charge in [-0.2, -0.15) is 0 Å². The molecule has 5 nitrogen and oxygen atoms in total. The summed E-state index contributed by atoms with van der Waals surface area (Å²) in [6.07, 6.45) is 1.82. The van der Waals surface area contributed by atoms with Crippen molar-refractivity contribution >= 4 is 40.8 Å². The van der Waals surface area contributed by atoms with Gasteiger partial charge < -0.3 is 15.4 Å². The molecule has 6 heteroatoms. The smallest absolute Gasteiger partial charge is 0.191 e. The van der Waals surface area contributed by atoms with Crippen LogP contribution in [0.15, 0.2) is 41.5 Å². The van der Waals surface area contributed by atoms with E-state index in [9.17, 15) is 0 Å². The monoisotopic (exact) mass is 414 g/mol. The maximum Gasteiger partial charge on any atom is 0.191 e. The van der Waals surface area contributed by atoms with E-state index in [1.807, 2.05) is 25.3 Å². The number of pyridine rings is 1. The van der Waals surface area contributed by atoms with Crippen molar-refractivity contribution in [1.29, 1.82) is 0 Å². The van der Waals surface area contributed by atoms with Gasteiger partial charge in [-0.3, -0.25) is 9.98 Å². The van der Waals surface area contributed by atoms with Crippen LogP contribution in [0.1, 0.15) is 12.5 Å². The lowest BCUT2D eigenvalue weighted by molar-refractivity contribution is 0.152. The first-order valence-corrected chi connectivity index (χ1v) is 7.20. The fourth-order valence-corrected chi connectivity index (χ4v) is 2.10. The number of rotatable bonds is 6. The van der Waals surface area contributed by atoms with Crippen LogP contribution in [0.3, 0.4) is 0 Å². The number of para-hydroxylation sites is 1. The molecule has 0 aliphatic carbocycles. The summed E-state index contributed by atoms with van der Waals surface area (Å²) in [6.45, 7) is 4.81. The zero-order valence-electron chi connectivity index (χ0n) is 13.0. The summed E-state index contributed by atoms with van der Waals surface area (Å²) in [5.41, 5.74) is 2.18. The molecule has 1 heterocycles. The topological polar surface area (TPSA) is 58.5 Å². The predicted octanol–water partition coefficient (Wildman–Crippen LogP) is 2.55. The molecule has 1 aromatic carbocycles. The Morgan fingerprint density at radius 2 is 2.05 bits per heavy atom. The van der Waals surface area contributed by atoms with Crippen LogP contribution in [0.25, 0.3) is 10.9 Å². The zero-order chi connectivity index (χ0) is 14.9. The second kappa shape index (κ2) is 10.3. The van der Waals surface area contributed by atoms with Gasteiger partial charge in [0.1, 0.15) is 0 Å². The van der Waals surface area contributed by atoms with Crippen molar-refractivity contribution in [3.05, 3.63) is 42.1 Å². The second-order valence-electron chi connectivity index (χ2n) is 4.54. The van der Waals surface area contributed by atoms with Crippen LogP contribution in [0.2, 0.25) is 0 Å². The fourth-order valence-electron chi connectivity index (χ4n) is 2.10. The molecule has 0 spiro atoms. The Morgan fingerprint density at radius 1 is 1.23 bits per heavy atom. The van der Waals surface area contributed by atoms with Crippen molar-refractivity contribution in [2.45, 2.75) is 13.5 Å². The average Bonchev–Trinajstić information content (AvgIpc) is 2.54. The molecule has 0 fully saturated rings. The minimum Gasteiger partial charge on any atom is -0.380 e.